The number of aryl methyl sites for hydroxylation is 1. The van der Waals surface area contributed by atoms with Crippen LogP contribution in [-0.2, 0) is 12.8 Å². The molecule has 1 heterocycles. The van der Waals surface area contributed by atoms with Crippen molar-refractivity contribution in [2.75, 3.05) is 5.84 Å². The van der Waals surface area contributed by atoms with Crippen molar-refractivity contribution in [1.82, 2.24) is 4.68 Å². The van der Waals surface area contributed by atoms with E-state index in [4.69, 9.17) is 15.7 Å². The second-order valence-corrected chi connectivity index (χ2v) is 2.50. The summed E-state index contributed by atoms with van der Waals surface area (Å²) in [5, 5.41) is 7.19. The van der Waals surface area contributed by atoms with Gasteiger partial charge in [0.25, 0.3) is 0 Å². The van der Waals surface area contributed by atoms with E-state index in [0.29, 0.717) is 0 Å². The maximum Gasteiger partial charge on any atom is 0.313 e. The zero-order valence-electron chi connectivity index (χ0n) is 5.55. The quantitative estimate of drug-likeness (QED) is 0.487. The molecule has 1 aliphatic rings. The number of nitrogens with two attached hydrogens (primary N) is 1. The molecular formula is C6H9N3O. The van der Waals surface area contributed by atoms with Crippen LogP contribution in [0.25, 0.3) is 0 Å². The van der Waals surface area contributed by atoms with Gasteiger partial charge in [0, 0.05) is 6.42 Å². The topological polar surface area (TPSA) is 67.9 Å². The largest absolute Gasteiger partial charge is 0.427 e. The highest BCUT2D eigenvalue weighted by molar-refractivity contribution is 5.14. The summed E-state index contributed by atoms with van der Waals surface area (Å²) in [6.07, 6.45) is 2.99. The Balaban J connectivity index is 2.70. The molecule has 54 valence electrons. The van der Waals surface area contributed by atoms with Gasteiger partial charge in [0.2, 0.25) is 0 Å². The lowest BCUT2D eigenvalue weighted by atomic mass is 10.4. The number of nitrogens with zero attached hydrogens (tertiary/aromatic N) is 1. The molecule has 10 heavy (non-hydrogen) atoms. The SMILES string of the molecule is N=c1oc2c(n1N)CCC2. The number of oxazole rings is 1. The maximum absolute atomic E-state index is 7.19. The summed E-state index contributed by atoms with van der Waals surface area (Å²) >= 11 is 0. The van der Waals surface area contributed by atoms with Crippen molar-refractivity contribution >= 4 is 0 Å². The molecule has 4 nitrogen and oxygen atoms in total. The second-order valence-electron chi connectivity index (χ2n) is 2.50. The first-order chi connectivity index (χ1) is 4.79. The van der Waals surface area contributed by atoms with Crippen LogP contribution in [0.5, 0.6) is 0 Å². The number of hydrogen-bond donors (Lipinski definition) is 2. The Labute approximate surface area is 57.7 Å². The van der Waals surface area contributed by atoms with Crippen LogP contribution in [0.1, 0.15) is 17.9 Å². The number of rotatable bonds is 0. The first-order valence-electron chi connectivity index (χ1n) is 3.32. The molecule has 3 N–H and O–H groups in total. The molecule has 0 atom stereocenters. The fraction of sp³-hybridized carbons (Fsp3) is 0.500. The van der Waals surface area contributed by atoms with Gasteiger partial charge in [-0.1, -0.05) is 0 Å². The lowest BCUT2D eigenvalue weighted by Crippen LogP contribution is -2.24. The van der Waals surface area contributed by atoms with Gasteiger partial charge in [-0.05, 0) is 12.8 Å². The fourth-order valence-corrected chi connectivity index (χ4v) is 1.35. The molecule has 1 aromatic rings. The highest BCUT2D eigenvalue weighted by Gasteiger charge is 2.18. The molecule has 1 aromatic heterocycles. The first kappa shape index (κ1) is 5.58. The van der Waals surface area contributed by atoms with E-state index < -0.39 is 0 Å². The van der Waals surface area contributed by atoms with Gasteiger partial charge in [-0.15, -0.1) is 0 Å². The number of fused-ring (bicyclic) bond motifs is 1. The summed E-state index contributed by atoms with van der Waals surface area (Å²) in [7, 11) is 0. The summed E-state index contributed by atoms with van der Waals surface area (Å²) in [6, 6.07) is 0. The van der Waals surface area contributed by atoms with Crippen molar-refractivity contribution in [3.05, 3.63) is 17.1 Å². The zero-order chi connectivity index (χ0) is 7.14. The molecule has 4 heteroatoms. The minimum absolute atomic E-state index is 0.0599. The Morgan fingerprint density at radius 2 is 2.30 bits per heavy atom. The van der Waals surface area contributed by atoms with Gasteiger partial charge in [-0.2, -0.15) is 0 Å². The van der Waals surface area contributed by atoms with Crippen LogP contribution < -0.4 is 11.5 Å². The average Bonchev–Trinajstić information content (AvgIpc) is 2.41. The molecule has 0 amide bonds. The van der Waals surface area contributed by atoms with Crippen molar-refractivity contribution in [2.24, 2.45) is 0 Å². The summed E-state index contributed by atoms with van der Waals surface area (Å²) in [5.74, 6) is 6.39. The van der Waals surface area contributed by atoms with Gasteiger partial charge in [0.05, 0.1) is 5.69 Å². The normalized spacial score (nSPS) is 15.6. The lowest BCUT2D eigenvalue weighted by molar-refractivity contribution is 0.435. The van der Waals surface area contributed by atoms with Gasteiger partial charge in [-0.3, -0.25) is 0 Å². The van der Waals surface area contributed by atoms with Crippen LogP contribution in [0, 0.1) is 5.41 Å². The molecule has 0 fully saturated rings. The minimum atomic E-state index is 0.0599. The smallest absolute Gasteiger partial charge is 0.313 e. The Bertz CT molecular complexity index is 309. The first-order valence-corrected chi connectivity index (χ1v) is 3.32. The Morgan fingerprint density at radius 3 is 3.00 bits per heavy atom. The Morgan fingerprint density at radius 1 is 1.50 bits per heavy atom. The van der Waals surface area contributed by atoms with E-state index in [1.54, 1.807) is 0 Å². The molecule has 1 aliphatic carbocycles. The molecule has 2 rings (SSSR count). The summed E-state index contributed by atoms with van der Waals surface area (Å²) in [4.78, 5) is 0. The number of nitrogens with one attached hydrogen (secondary N) is 1. The van der Waals surface area contributed by atoms with Gasteiger partial charge >= 0.3 is 5.68 Å². The lowest BCUT2D eigenvalue weighted by Gasteiger charge is -1.91. The Hall–Kier alpha value is -1.19. The second kappa shape index (κ2) is 1.65. The highest BCUT2D eigenvalue weighted by Crippen LogP contribution is 2.18. The van der Waals surface area contributed by atoms with Crippen LogP contribution in [0.2, 0.25) is 0 Å². The van der Waals surface area contributed by atoms with E-state index >= 15 is 0 Å². The standard InChI is InChI=1S/C6H9N3O/c7-6-9(8)4-2-1-3-5(4)10-6/h7H,1-3,8H2. The Kier molecular flexibility index (Phi) is 0.922. The number of hydrogen-bond acceptors (Lipinski definition) is 3. The molecule has 0 spiro atoms. The third-order valence-corrected chi connectivity index (χ3v) is 1.87. The summed E-state index contributed by atoms with van der Waals surface area (Å²) in [5.41, 5.74) is 1.05. The van der Waals surface area contributed by atoms with Crippen LogP contribution >= 0.6 is 0 Å². The van der Waals surface area contributed by atoms with Crippen molar-refractivity contribution in [3.63, 3.8) is 0 Å². The van der Waals surface area contributed by atoms with Crippen LogP contribution in [-0.4, -0.2) is 4.68 Å². The van der Waals surface area contributed by atoms with Crippen molar-refractivity contribution in [1.29, 1.82) is 5.41 Å². The van der Waals surface area contributed by atoms with Crippen molar-refractivity contribution < 1.29 is 4.42 Å². The molecule has 0 aliphatic heterocycles. The van der Waals surface area contributed by atoms with E-state index in [1.807, 2.05) is 0 Å². The van der Waals surface area contributed by atoms with Crippen LogP contribution in [0.3, 0.4) is 0 Å². The summed E-state index contributed by atoms with van der Waals surface area (Å²) in [6.45, 7) is 0. The molecule has 0 radical (unpaired) electrons. The molecule has 0 bridgehead atoms. The fourth-order valence-electron chi connectivity index (χ4n) is 1.35. The molecule has 0 aromatic carbocycles. The molecule has 0 unspecified atom stereocenters. The third kappa shape index (κ3) is 0.531. The van der Waals surface area contributed by atoms with Gasteiger partial charge in [0.1, 0.15) is 5.76 Å². The zero-order valence-corrected chi connectivity index (χ0v) is 5.55. The summed E-state index contributed by atoms with van der Waals surface area (Å²) < 4.78 is 6.38. The maximum atomic E-state index is 7.19. The van der Waals surface area contributed by atoms with Crippen LogP contribution in [0.15, 0.2) is 4.42 Å². The van der Waals surface area contributed by atoms with Crippen molar-refractivity contribution in [3.8, 4) is 0 Å². The molecule has 0 saturated carbocycles. The predicted octanol–water partition coefficient (Wildman–Crippen LogP) is -0.237. The molecule has 0 saturated heterocycles. The molecular weight excluding hydrogens is 130 g/mol. The van der Waals surface area contributed by atoms with Gasteiger partial charge in [0.15, 0.2) is 0 Å². The highest BCUT2D eigenvalue weighted by atomic mass is 16.4. The van der Waals surface area contributed by atoms with E-state index in [0.717, 1.165) is 30.7 Å². The minimum Gasteiger partial charge on any atom is -0.427 e. The van der Waals surface area contributed by atoms with Crippen molar-refractivity contribution in [2.45, 2.75) is 19.3 Å². The van der Waals surface area contributed by atoms with E-state index in [1.165, 1.54) is 4.68 Å². The monoisotopic (exact) mass is 139 g/mol. The predicted molar refractivity (Wildman–Crippen MR) is 34.7 cm³/mol. The average molecular weight is 139 g/mol. The number of aromatic nitrogens is 1. The van der Waals surface area contributed by atoms with Crippen LogP contribution in [0.4, 0.5) is 0 Å². The number of nitrogen functional groups attached to an aromatic ring is 1. The van der Waals surface area contributed by atoms with E-state index in [2.05, 4.69) is 0 Å². The van der Waals surface area contributed by atoms with Gasteiger partial charge in [-0.25, -0.2) is 10.1 Å². The van der Waals surface area contributed by atoms with E-state index in [-0.39, 0.29) is 5.68 Å². The third-order valence-electron chi connectivity index (χ3n) is 1.87. The van der Waals surface area contributed by atoms with Gasteiger partial charge < -0.3 is 10.3 Å². The van der Waals surface area contributed by atoms with E-state index in [9.17, 15) is 0 Å².